The maximum atomic E-state index is 5.81. The molecule has 0 spiro atoms. The van der Waals surface area contributed by atoms with E-state index >= 15 is 0 Å². The number of aryl methyl sites for hydroxylation is 2. The van der Waals surface area contributed by atoms with Crippen molar-refractivity contribution in [1.82, 2.24) is 5.32 Å². The summed E-state index contributed by atoms with van der Waals surface area (Å²) in [4.78, 5) is 0. The molecule has 3 heteroatoms. The lowest BCUT2D eigenvalue weighted by Gasteiger charge is -2.27. The third kappa shape index (κ3) is 4.22. The minimum atomic E-state index is 0.151. The van der Waals surface area contributed by atoms with Gasteiger partial charge in [-0.25, -0.2) is 0 Å². The molecule has 114 valence electrons. The average Bonchev–Trinajstić information content (AvgIpc) is 2.42. The fraction of sp³-hybridized carbons (Fsp3) is 0.647. The zero-order valence-corrected chi connectivity index (χ0v) is 13.7. The van der Waals surface area contributed by atoms with E-state index < -0.39 is 0 Å². The first-order chi connectivity index (χ1) is 9.54. The quantitative estimate of drug-likeness (QED) is 0.785. The van der Waals surface area contributed by atoms with E-state index in [9.17, 15) is 0 Å². The Labute approximate surface area is 123 Å². The van der Waals surface area contributed by atoms with Crippen molar-refractivity contribution in [2.75, 3.05) is 20.3 Å². The zero-order chi connectivity index (χ0) is 15.1. The minimum Gasteiger partial charge on any atom is -0.496 e. The molecule has 2 unspecified atom stereocenters. The molecule has 1 rings (SSSR count). The van der Waals surface area contributed by atoms with E-state index in [2.05, 4.69) is 45.1 Å². The van der Waals surface area contributed by atoms with Gasteiger partial charge in [0.15, 0.2) is 0 Å². The Morgan fingerprint density at radius 1 is 1.15 bits per heavy atom. The number of nitrogens with one attached hydrogen (secondary N) is 1. The smallest absolute Gasteiger partial charge is 0.122 e. The van der Waals surface area contributed by atoms with E-state index in [1.54, 1.807) is 7.11 Å². The van der Waals surface area contributed by atoms with Crippen LogP contribution in [0.1, 0.15) is 49.9 Å². The molecule has 1 aromatic carbocycles. The van der Waals surface area contributed by atoms with Crippen molar-refractivity contribution < 1.29 is 9.47 Å². The van der Waals surface area contributed by atoms with Crippen LogP contribution in [0.5, 0.6) is 5.75 Å². The van der Waals surface area contributed by atoms with Crippen LogP contribution in [0.3, 0.4) is 0 Å². The number of methoxy groups -OCH3 is 1. The maximum absolute atomic E-state index is 5.81. The van der Waals surface area contributed by atoms with Crippen LogP contribution in [0.4, 0.5) is 0 Å². The molecular formula is C17H29NO2. The molecule has 3 nitrogen and oxygen atoms in total. The Hall–Kier alpha value is -1.06. The monoisotopic (exact) mass is 279 g/mol. The molecule has 0 heterocycles. The van der Waals surface area contributed by atoms with Gasteiger partial charge in [-0.3, -0.25) is 0 Å². The molecular weight excluding hydrogens is 250 g/mol. The average molecular weight is 279 g/mol. The lowest BCUT2D eigenvalue weighted by Crippen LogP contribution is -2.33. The Morgan fingerprint density at radius 2 is 1.85 bits per heavy atom. The highest BCUT2D eigenvalue weighted by molar-refractivity contribution is 5.43. The van der Waals surface area contributed by atoms with Crippen molar-refractivity contribution in [1.29, 1.82) is 0 Å². The van der Waals surface area contributed by atoms with Crippen LogP contribution in [-0.2, 0) is 4.74 Å². The predicted octanol–water partition coefficient (Wildman–Crippen LogP) is 3.78. The molecule has 0 amide bonds. The van der Waals surface area contributed by atoms with Gasteiger partial charge in [0.05, 0.1) is 19.3 Å². The van der Waals surface area contributed by atoms with Crippen molar-refractivity contribution in [3.63, 3.8) is 0 Å². The van der Waals surface area contributed by atoms with Crippen LogP contribution in [0, 0.1) is 13.8 Å². The second-order valence-corrected chi connectivity index (χ2v) is 5.27. The number of ether oxygens (including phenoxy) is 2. The normalized spacial score (nSPS) is 14.1. The lowest BCUT2D eigenvalue weighted by molar-refractivity contribution is 0.0470. The zero-order valence-electron chi connectivity index (χ0n) is 13.7. The molecule has 0 aliphatic rings. The van der Waals surface area contributed by atoms with Gasteiger partial charge in [0.2, 0.25) is 0 Å². The fourth-order valence-electron chi connectivity index (χ4n) is 2.55. The van der Waals surface area contributed by atoms with E-state index in [1.165, 1.54) is 16.7 Å². The summed E-state index contributed by atoms with van der Waals surface area (Å²) in [5.74, 6) is 0.949. The molecule has 0 fully saturated rings. The van der Waals surface area contributed by atoms with E-state index in [0.29, 0.717) is 0 Å². The van der Waals surface area contributed by atoms with Crippen molar-refractivity contribution in [3.05, 3.63) is 28.8 Å². The van der Waals surface area contributed by atoms with Gasteiger partial charge < -0.3 is 14.8 Å². The van der Waals surface area contributed by atoms with Crippen molar-refractivity contribution in [2.45, 2.75) is 53.2 Å². The second kappa shape index (κ2) is 8.28. The molecule has 0 aliphatic carbocycles. The number of hydrogen-bond acceptors (Lipinski definition) is 3. The third-order valence-corrected chi connectivity index (χ3v) is 3.63. The van der Waals surface area contributed by atoms with Crippen LogP contribution in [-0.4, -0.2) is 26.4 Å². The van der Waals surface area contributed by atoms with Crippen LogP contribution >= 0.6 is 0 Å². The highest BCUT2D eigenvalue weighted by atomic mass is 16.5. The summed E-state index contributed by atoms with van der Waals surface area (Å²) in [6.45, 7) is 12.3. The molecule has 0 radical (unpaired) electrons. The van der Waals surface area contributed by atoms with Crippen molar-refractivity contribution in [3.8, 4) is 5.75 Å². The first-order valence-electron chi connectivity index (χ1n) is 7.55. The fourth-order valence-corrected chi connectivity index (χ4v) is 2.55. The van der Waals surface area contributed by atoms with Gasteiger partial charge in [-0.05, 0) is 63.4 Å². The first kappa shape index (κ1) is 17.0. The van der Waals surface area contributed by atoms with Gasteiger partial charge in [-0.2, -0.15) is 0 Å². The Kier molecular flexibility index (Phi) is 7.03. The van der Waals surface area contributed by atoms with Gasteiger partial charge in [0.1, 0.15) is 5.75 Å². The SMILES string of the molecule is CCCNC(c1cc(C)c(OC)cc1C)C(C)OCC. The molecule has 0 saturated heterocycles. The van der Waals surface area contributed by atoms with E-state index in [0.717, 1.165) is 25.3 Å². The van der Waals surface area contributed by atoms with Crippen LogP contribution < -0.4 is 10.1 Å². The molecule has 0 saturated carbocycles. The standard InChI is InChI=1S/C17H29NO2/c1-7-9-18-17(14(5)20-8-2)15-10-13(4)16(19-6)11-12(15)3/h10-11,14,17-18H,7-9H2,1-6H3. The molecule has 2 atom stereocenters. The van der Waals surface area contributed by atoms with Crippen LogP contribution in [0.15, 0.2) is 12.1 Å². The summed E-state index contributed by atoms with van der Waals surface area (Å²) < 4.78 is 11.2. The Balaban J connectivity index is 3.09. The number of hydrogen-bond donors (Lipinski definition) is 1. The second-order valence-electron chi connectivity index (χ2n) is 5.27. The van der Waals surface area contributed by atoms with Gasteiger partial charge in [0.25, 0.3) is 0 Å². The maximum Gasteiger partial charge on any atom is 0.122 e. The van der Waals surface area contributed by atoms with Crippen LogP contribution in [0.2, 0.25) is 0 Å². The minimum absolute atomic E-state index is 0.151. The van der Waals surface area contributed by atoms with Crippen LogP contribution in [0.25, 0.3) is 0 Å². The molecule has 20 heavy (non-hydrogen) atoms. The summed E-state index contributed by atoms with van der Waals surface area (Å²) in [7, 11) is 1.72. The summed E-state index contributed by atoms with van der Waals surface area (Å²) in [6, 6.07) is 4.56. The molecule has 0 bridgehead atoms. The summed E-state index contributed by atoms with van der Waals surface area (Å²) in [5, 5.41) is 3.61. The number of benzene rings is 1. The first-order valence-corrected chi connectivity index (χ1v) is 7.55. The van der Waals surface area contributed by atoms with E-state index in [-0.39, 0.29) is 12.1 Å². The Bertz CT molecular complexity index is 418. The summed E-state index contributed by atoms with van der Waals surface area (Å²) in [6.07, 6.45) is 1.27. The van der Waals surface area contributed by atoms with Crippen molar-refractivity contribution in [2.24, 2.45) is 0 Å². The number of rotatable bonds is 8. The lowest BCUT2D eigenvalue weighted by atomic mass is 9.95. The predicted molar refractivity (Wildman–Crippen MR) is 84.6 cm³/mol. The van der Waals surface area contributed by atoms with Gasteiger partial charge in [0, 0.05) is 6.61 Å². The third-order valence-electron chi connectivity index (χ3n) is 3.63. The summed E-state index contributed by atoms with van der Waals surface area (Å²) >= 11 is 0. The molecule has 1 aromatic rings. The van der Waals surface area contributed by atoms with E-state index in [1.807, 2.05) is 6.92 Å². The highest BCUT2D eigenvalue weighted by Crippen LogP contribution is 2.29. The molecule has 0 aliphatic heterocycles. The molecule has 0 aromatic heterocycles. The van der Waals surface area contributed by atoms with Gasteiger partial charge >= 0.3 is 0 Å². The summed E-state index contributed by atoms with van der Waals surface area (Å²) in [5.41, 5.74) is 3.71. The largest absolute Gasteiger partial charge is 0.496 e. The van der Waals surface area contributed by atoms with Gasteiger partial charge in [-0.1, -0.05) is 13.0 Å². The van der Waals surface area contributed by atoms with Crippen molar-refractivity contribution >= 4 is 0 Å². The van der Waals surface area contributed by atoms with Gasteiger partial charge in [-0.15, -0.1) is 0 Å². The topological polar surface area (TPSA) is 30.5 Å². The Morgan fingerprint density at radius 3 is 2.40 bits per heavy atom. The van der Waals surface area contributed by atoms with E-state index in [4.69, 9.17) is 9.47 Å². The highest BCUT2D eigenvalue weighted by Gasteiger charge is 2.21. The molecule has 1 N–H and O–H groups in total.